The molecule has 2 aliphatic heterocycles. The lowest BCUT2D eigenvalue weighted by atomic mass is 9.87. The molecule has 0 atom stereocenters. The van der Waals surface area contributed by atoms with Gasteiger partial charge in [0.15, 0.2) is 5.65 Å². The molecular weight excluding hydrogens is 268 g/mol. The van der Waals surface area contributed by atoms with E-state index in [1.54, 1.807) is 12.4 Å². The molecule has 7 nitrogen and oxygen atoms in total. The van der Waals surface area contributed by atoms with Crippen molar-refractivity contribution in [3.8, 4) is 0 Å². The molecule has 2 aromatic heterocycles. The molecule has 4 rings (SSSR count). The van der Waals surface area contributed by atoms with Crippen molar-refractivity contribution < 1.29 is 4.79 Å². The van der Waals surface area contributed by atoms with Gasteiger partial charge in [-0.1, -0.05) is 0 Å². The molecule has 1 saturated heterocycles. The third-order valence-electron chi connectivity index (χ3n) is 4.36. The first-order chi connectivity index (χ1) is 10.2. The number of nitrogens with zero attached hydrogens (tertiary/aromatic N) is 4. The number of anilines is 1. The Balaban J connectivity index is 1.61. The molecule has 0 aromatic carbocycles. The Labute approximate surface area is 121 Å². The molecule has 0 unspecified atom stereocenters. The van der Waals surface area contributed by atoms with Crippen LogP contribution in [0.5, 0.6) is 0 Å². The molecule has 1 spiro atoms. The summed E-state index contributed by atoms with van der Waals surface area (Å²) in [5.41, 5.74) is 1.35. The third kappa shape index (κ3) is 1.80. The predicted molar refractivity (Wildman–Crippen MR) is 79.3 cm³/mol. The molecule has 108 valence electrons. The molecule has 2 aliphatic rings. The van der Waals surface area contributed by atoms with Crippen LogP contribution in [0.4, 0.5) is 5.69 Å². The van der Waals surface area contributed by atoms with Crippen molar-refractivity contribution in [3.05, 3.63) is 18.5 Å². The molecule has 4 heterocycles. The summed E-state index contributed by atoms with van der Waals surface area (Å²) in [4.78, 5) is 23.2. The lowest BCUT2D eigenvalue weighted by Crippen LogP contribution is -2.49. The maximum absolute atomic E-state index is 12.1. The number of aromatic nitrogens is 3. The van der Waals surface area contributed by atoms with Crippen molar-refractivity contribution in [1.29, 1.82) is 0 Å². The molecule has 1 amide bonds. The molecule has 0 aliphatic carbocycles. The van der Waals surface area contributed by atoms with E-state index >= 15 is 0 Å². The van der Waals surface area contributed by atoms with Crippen molar-refractivity contribution in [2.24, 2.45) is 4.99 Å². The number of nitrogens with one attached hydrogen (secondary N) is 2. The minimum atomic E-state index is -0.552. The maximum Gasteiger partial charge on any atom is 0.253 e. The molecule has 1 fully saturated rings. The minimum absolute atomic E-state index is 0.0443. The SMILES string of the molecule is CC1=NC2(CCN(c3ccnc4[nH]ncc34)CC2)C(=O)N1. The van der Waals surface area contributed by atoms with Crippen LogP contribution in [-0.4, -0.2) is 45.6 Å². The summed E-state index contributed by atoms with van der Waals surface area (Å²) in [5.74, 6) is 0.775. The van der Waals surface area contributed by atoms with Crippen LogP contribution in [0.3, 0.4) is 0 Å². The van der Waals surface area contributed by atoms with Crippen LogP contribution in [0.1, 0.15) is 19.8 Å². The smallest absolute Gasteiger partial charge is 0.253 e. The Hall–Kier alpha value is -2.44. The maximum atomic E-state index is 12.1. The quantitative estimate of drug-likeness (QED) is 0.812. The largest absolute Gasteiger partial charge is 0.371 e. The van der Waals surface area contributed by atoms with Gasteiger partial charge in [-0.05, 0) is 25.8 Å². The van der Waals surface area contributed by atoms with Gasteiger partial charge in [0.25, 0.3) is 5.91 Å². The van der Waals surface area contributed by atoms with E-state index < -0.39 is 5.54 Å². The van der Waals surface area contributed by atoms with Gasteiger partial charge in [0.05, 0.1) is 17.3 Å². The summed E-state index contributed by atoms with van der Waals surface area (Å²) in [6.07, 6.45) is 5.05. The predicted octanol–water partition coefficient (Wildman–Crippen LogP) is 0.845. The zero-order valence-corrected chi connectivity index (χ0v) is 11.8. The van der Waals surface area contributed by atoms with E-state index in [9.17, 15) is 4.79 Å². The minimum Gasteiger partial charge on any atom is -0.371 e. The lowest BCUT2D eigenvalue weighted by molar-refractivity contribution is -0.124. The fraction of sp³-hybridized carbons (Fsp3) is 0.429. The molecule has 7 heteroatoms. The number of aromatic amines is 1. The van der Waals surface area contributed by atoms with Crippen molar-refractivity contribution in [2.45, 2.75) is 25.3 Å². The Bertz CT molecular complexity index is 741. The Morgan fingerprint density at radius 2 is 2.14 bits per heavy atom. The molecule has 0 bridgehead atoms. The second-order valence-electron chi connectivity index (χ2n) is 5.63. The Morgan fingerprint density at radius 3 is 2.86 bits per heavy atom. The van der Waals surface area contributed by atoms with Crippen LogP contribution in [0, 0.1) is 0 Å². The second-order valence-corrected chi connectivity index (χ2v) is 5.63. The highest BCUT2D eigenvalue weighted by Crippen LogP contribution is 2.33. The number of amides is 1. The molecule has 0 saturated carbocycles. The summed E-state index contributed by atoms with van der Waals surface area (Å²) >= 11 is 0. The van der Waals surface area contributed by atoms with E-state index in [2.05, 4.69) is 30.4 Å². The van der Waals surface area contributed by atoms with Crippen LogP contribution in [0.2, 0.25) is 0 Å². The standard InChI is InChI=1S/C14H16N6O/c1-9-17-13(21)14(18-9)3-6-20(7-4-14)11-2-5-15-12-10(11)8-16-19-12/h2,5,8H,3-4,6-7H2,1H3,(H,15,16,19)(H,17,18,21). The first kappa shape index (κ1) is 12.3. The number of rotatable bonds is 1. The van der Waals surface area contributed by atoms with Crippen LogP contribution in [0.25, 0.3) is 11.0 Å². The van der Waals surface area contributed by atoms with Crippen LogP contribution >= 0.6 is 0 Å². The number of hydrogen-bond acceptors (Lipinski definition) is 5. The van der Waals surface area contributed by atoms with E-state index in [4.69, 9.17) is 0 Å². The lowest BCUT2D eigenvalue weighted by Gasteiger charge is -2.37. The zero-order chi connectivity index (χ0) is 14.4. The third-order valence-corrected chi connectivity index (χ3v) is 4.36. The van der Waals surface area contributed by atoms with Gasteiger partial charge in [-0.25, -0.2) is 4.98 Å². The molecule has 21 heavy (non-hydrogen) atoms. The van der Waals surface area contributed by atoms with E-state index in [1.165, 1.54) is 0 Å². The summed E-state index contributed by atoms with van der Waals surface area (Å²) in [5, 5.41) is 10.8. The molecule has 2 aromatic rings. The van der Waals surface area contributed by atoms with Gasteiger partial charge in [-0.2, -0.15) is 5.10 Å². The number of hydrogen-bond donors (Lipinski definition) is 2. The van der Waals surface area contributed by atoms with Crippen molar-refractivity contribution in [3.63, 3.8) is 0 Å². The van der Waals surface area contributed by atoms with Crippen molar-refractivity contribution in [1.82, 2.24) is 20.5 Å². The van der Waals surface area contributed by atoms with E-state index in [1.807, 2.05) is 13.0 Å². The van der Waals surface area contributed by atoms with Crippen LogP contribution in [0.15, 0.2) is 23.5 Å². The number of carbonyl (C=O) groups is 1. The van der Waals surface area contributed by atoms with E-state index in [0.717, 1.165) is 48.5 Å². The van der Waals surface area contributed by atoms with Gasteiger partial charge in [0.1, 0.15) is 11.4 Å². The number of piperidine rings is 1. The molecular formula is C14H16N6O. The fourth-order valence-electron chi connectivity index (χ4n) is 3.25. The first-order valence-corrected chi connectivity index (χ1v) is 7.09. The number of pyridine rings is 1. The van der Waals surface area contributed by atoms with Gasteiger partial charge in [-0.15, -0.1) is 0 Å². The molecule has 0 radical (unpaired) electrons. The van der Waals surface area contributed by atoms with Crippen LogP contribution in [-0.2, 0) is 4.79 Å². The fourth-order valence-corrected chi connectivity index (χ4v) is 3.25. The summed E-state index contributed by atoms with van der Waals surface area (Å²) in [7, 11) is 0. The highest BCUT2D eigenvalue weighted by Gasteiger charge is 2.44. The number of carbonyl (C=O) groups excluding carboxylic acids is 1. The zero-order valence-electron chi connectivity index (χ0n) is 11.8. The number of fused-ring (bicyclic) bond motifs is 1. The van der Waals surface area contributed by atoms with Gasteiger partial charge in [-0.3, -0.25) is 14.9 Å². The van der Waals surface area contributed by atoms with Gasteiger partial charge in [0, 0.05) is 19.3 Å². The number of H-pyrrole nitrogens is 1. The van der Waals surface area contributed by atoms with E-state index in [0.29, 0.717) is 0 Å². The monoisotopic (exact) mass is 284 g/mol. The highest BCUT2D eigenvalue weighted by atomic mass is 16.2. The molecule has 2 N–H and O–H groups in total. The van der Waals surface area contributed by atoms with Crippen LogP contribution < -0.4 is 10.2 Å². The summed E-state index contributed by atoms with van der Waals surface area (Å²) < 4.78 is 0. The van der Waals surface area contributed by atoms with Gasteiger partial charge >= 0.3 is 0 Å². The summed E-state index contributed by atoms with van der Waals surface area (Å²) in [6, 6.07) is 2.00. The topological polar surface area (TPSA) is 86.3 Å². The van der Waals surface area contributed by atoms with E-state index in [-0.39, 0.29) is 5.91 Å². The normalized spacial score (nSPS) is 20.9. The first-order valence-electron chi connectivity index (χ1n) is 7.09. The average molecular weight is 284 g/mol. The second kappa shape index (κ2) is 4.28. The van der Waals surface area contributed by atoms with Crippen molar-refractivity contribution >= 4 is 28.5 Å². The van der Waals surface area contributed by atoms with Gasteiger partial charge in [0.2, 0.25) is 0 Å². The number of amidine groups is 1. The number of aliphatic imine (C=N–C) groups is 1. The van der Waals surface area contributed by atoms with Gasteiger partial charge < -0.3 is 10.2 Å². The van der Waals surface area contributed by atoms with Crippen molar-refractivity contribution in [2.75, 3.05) is 18.0 Å². The summed E-state index contributed by atoms with van der Waals surface area (Å²) in [6.45, 7) is 3.44. The Morgan fingerprint density at radius 1 is 1.33 bits per heavy atom. The highest BCUT2D eigenvalue weighted by molar-refractivity contribution is 6.07. The Kier molecular flexibility index (Phi) is 2.51. The average Bonchev–Trinajstić information content (AvgIpc) is 3.05.